The molecular formula is C15H18N2O2S. The molecule has 0 aromatic carbocycles. The Balaban J connectivity index is 1.89. The Bertz CT molecular complexity index is 617. The van der Waals surface area contributed by atoms with E-state index >= 15 is 0 Å². The largest absolute Gasteiger partial charge is 0.469 e. The van der Waals surface area contributed by atoms with Crippen molar-refractivity contribution >= 4 is 17.2 Å². The van der Waals surface area contributed by atoms with Gasteiger partial charge in [-0.25, -0.2) is 4.98 Å². The predicted octanol–water partition coefficient (Wildman–Crippen LogP) is 3.72. The molecule has 106 valence electrons. The van der Waals surface area contributed by atoms with Crippen LogP contribution in [0.25, 0.3) is 0 Å². The zero-order valence-corrected chi connectivity index (χ0v) is 12.6. The highest BCUT2D eigenvalue weighted by atomic mass is 32.1. The van der Waals surface area contributed by atoms with Crippen LogP contribution in [0.2, 0.25) is 0 Å². The molecule has 20 heavy (non-hydrogen) atoms. The molecule has 1 fully saturated rings. The fraction of sp³-hybridized carbons (Fsp3) is 0.467. The second-order valence-electron chi connectivity index (χ2n) is 5.23. The third-order valence-corrected chi connectivity index (χ3v) is 4.84. The highest BCUT2D eigenvalue weighted by Gasteiger charge is 2.31. The molecule has 4 nitrogen and oxygen atoms in total. The third kappa shape index (κ3) is 2.38. The number of aromatic nitrogens is 1. The molecule has 1 aliphatic heterocycles. The number of likely N-dealkylation sites (tertiary alicyclic amines) is 1. The summed E-state index contributed by atoms with van der Waals surface area (Å²) in [6, 6.07) is 1.88. The fourth-order valence-corrected chi connectivity index (χ4v) is 3.66. The molecule has 0 aliphatic carbocycles. The topological polar surface area (TPSA) is 46.3 Å². The first-order valence-corrected chi connectivity index (χ1v) is 7.82. The van der Waals surface area contributed by atoms with Crippen LogP contribution in [-0.4, -0.2) is 22.3 Å². The van der Waals surface area contributed by atoms with E-state index in [1.165, 1.54) is 0 Å². The van der Waals surface area contributed by atoms with E-state index in [0.29, 0.717) is 11.3 Å². The van der Waals surface area contributed by atoms with Gasteiger partial charge in [-0.05, 0) is 39.2 Å². The Morgan fingerprint density at radius 1 is 1.45 bits per heavy atom. The summed E-state index contributed by atoms with van der Waals surface area (Å²) < 4.78 is 5.26. The summed E-state index contributed by atoms with van der Waals surface area (Å²) in [6.45, 7) is 4.63. The van der Waals surface area contributed by atoms with Crippen LogP contribution in [0.5, 0.6) is 0 Å². The number of carbonyl (C=O) groups is 1. The van der Waals surface area contributed by atoms with Crippen molar-refractivity contribution in [3.63, 3.8) is 0 Å². The van der Waals surface area contributed by atoms with Crippen molar-refractivity contribution in [2.75, 3.05) is 6.54 Å². The second kappa shape index (κ2) is 5.40. The van der Waals surface area contributed by atoms with Gasteiger partial charge in [-0.2, -0.15) is 0 Å². The molecular weight excluding hydrogens is 272 g/mol. The summed E-state index contributed by atoms with van der Waals surface area (Å²) in [7, 11) is 0. The highest BCUT2D eigenvalue weighted by molar-refractivity contribution is 7.09. The van der Waals surface area contributed by atoms with Gasteiger partial charge in [0.2, 0.25) is 0 Å². The van der Waals surface area contributed by atoms with Crippen LogP contribution in [0, 0.1) is 13.8 Å². The Morgan fingerprint density at radius 3 is 2.95 bits per heavy atom. The van der Waals surface area contributed by atoms with Crippen LogP contribution >= 0.6 is 11.3 Å². The van der Waals surface area contributed by atoms with E-state index in [9.17, 15) is 4.79 Å². The van der Waals surface area contributed by atoms with E-state index < -0.39 is 0 Å². The van der Waals surface area contributed by atoms with Crippen molar-refractivity contribution in [3.05, 3.63) is 39.7 Å². The molecule has 0 bridgehead atoms. The standard InChI is InChI=1S/C15H18N2O2S/c1-10-9-20-14(16-10)13-5-3-4-7-17(13)15(18)12-6-8-19-11(12)2/h6,8-9,13H,3-5,7H2,1-2H3/t13-/m0/s1. The van der Waals surface area contributed by atoms with E-state index in [0.717, 1.165) is 36.5 Å². The Labute approximate surface area is 122 Å². The van der Waals surface area contributed by atoms with E-state index in [1.807, 2.05) is 18.7 Å². The van der Waals surface area contributed by atoms with Crippen molar-refractivity contribution in [2.24, 2.45) is 0 Å². The Morgan fingerprint density at radius 2 is 2.30 bits per heavy atom. The average Bonchev–Trinajstić information content (AvgIpc) is 3.07. The van der Waals surface area contributed by atoms with Gasteiger partial charge in [0.05, 0.1) is 17.9 Å². The van der Waals surface area contributed by atoms with E-state index in [4.69, 9.17) is 4.42 Å². The third-order valence-electron chi connectivity index (χ3n) is 3.77. The lowest BCUT2D eigenvalue weighted by molar-refractivity contribution is 0.0609. The van der Waals surface area contributed by atoms with Crippen molar-refractivity contribution in [2.45, 2.75) is 39.2 Å². The number of nitrogens with zero attached hydrogens (tertiary/aromatic N) is 2. The van der Waals surface area contributed by atoms with Gasteiger partial charge in [0.1, 0.15) is 10.8 Å². The summed E-state index contributed by atoms with van der Waals surface area (Å²) in [4.78, 5) is 19.2. The summed E-state index contributed by atoms with van der Waals surface area (Å²) in [5, 5.41) is 3.10. The van der Waals surface area contributed by atoms with Crippen LogP contribution in [0.3, 0.4) is 0 Å². The molecule has 2 aromatic heterocycles. The molecule has 5 heteroatoms. The minimum Gasteiger partial charge on any atom is -0.469 e. The lowest BCUT2D eigenvalue weighted by Crippen LogP contribution is -2.38. The normalized spacial score (nSPS) is 19.3. The van der Waals surface area contributed by atoms with Gasteiger partial charge < -0.3 is 9.32 Å². The number of furan rings is 1. The first kappa shape index (κ1) is 13.4. The number of hydrogen-bond donors (Lipinski definition) is 0. The maximum absolute atomic E-state index is 12.7. The monoisotopic (exact) mass is 290 g/mol. The number of hydrogen-bond acceptors (Lipinski definition) is 4. The number of rotatable bonds is 2. The van der Waals surface area contributed by atoms with E-state index in [-0.39, 0.29) is 11.9 Å². The van der Waals surface area contributed by atoms with Crippen molar-refractivity contribution in [3.8, 4) is 0 Å². The summed E-state index contributed by atoms with van der Waals surface area (Å²) in [6.07, 6.45) is 4.78. The van der Waals surface area contributed by atoms with Crippen LogP contribution < -0.4 is 0 Å². The summed E-state index contributed by atoms with van der Waals surface area (Å²) in [5.74, 6) is 0.753. The van der Waals surface area contributed by atoms with Gasteiger partial charge in [-0.15, -0.1) is 11.3 Å². The predicted molar refractivity (Wildman–Crippen MR) is 77.9 cm³/mol. The van der Waals surface area contributed by atoms with Crippen LogP contribution in [0.1, 0.15) is 52.1 Å². The fourth-order valence-electron chi connectivity index (χ4n) is 2.72. The quantitative estimate of drug-likeness (QED) is 0.846. The number of thiazole rings is 1. The van der Waals surface area contributed by atoms with Crippen molar-refractivity contribution in [1.29, 1.82) is 0 Å². The minimum atomic E-state index is 0.0637. The van der Waals surface area contributed by atoms with Crippen LogP contribution in [-0.2, 0) is 0 Å². The van der Waals surface area contributed by atoms with E-state index in [1.54, 1.807) is 23.7 Å². The van der Waals surface area contributed by atoms with Crippen LogP contribution in [0.4, 0.5) is 0 Å². The smallest absolute Gasteiger partial charge is 0.257 e. The SMILES string of the molecule is Cc1csc([C@@H]2CCCCN2C(=O)c2ccoc2C)n1. The number of piperidine rings is 1. The number of carbonyl (C=O) groups excluding carboxylic acids is 1. The lowest BCUT2D eigenvalue weighted by atomic mass is 10.0. The van der Waals surface area contributed by atoms with Gasteiger partial charge in [-0.3, -0.25) is 4.79 Å². The molecule has 0 N–H and O–H groups in total. The molecule has 3 rings (SSSR count). The van der Waals surface area contributed by atoms with Gasteiger partial charge in [0, 0.05) is 17.6 Å². The van der Waals surface area contributed by atoms with Gasteiger partial charge in [0.15, 0.2) is 0 Å². The lowest BCUT2D eigenvalue weighted by Gasteiger charge is -2.34. The second-order valence-corrected chi connectivity index (χ2v) is 6.12. The number of amides is 1. The molecule has 0 unspecified atom stereocenters. The molecule has 1 atom stereocenters. The van der Waals surface area contributed by atoms with Gasteiger partial charge in [0.25, 0.3) is 5.91 Å². The van der Waals surface area contributed by atoms with E-state index in [2.05, 4.69) is 10.4 Å². The first-order valence-electron chi connectivity index (χ1n) is 6.94. The highest BCUT2D eigenvalue weighted by Crippen LogP contribution is 2.34. The maximum Gasteiger partial charge on any atom is 0.257 e. The Kier molecular flexibility index (Phi) is 3.61. The maximum atomic E-state index is 12.7. The molecule has 1 saturated heterocycles. The zero-order valence-electron chi connectivity index (χ0n) is 11.8. The molecule has 2 aromatic rings. The molecule has 0 saturated carbocycles. The summed E-state index contributed by atoms with van der Waals surface area (Å²) in [5.41, 5.74) is 1.70. The molecule has 0 spiro atoms. The molecule has 0 radical (unpaired) electrons. The zero-order chi connectivity index (χ0) is 14.1. The van der Waals surface area contributed by atoms with Crippen molar-refractivity contribution < 1.29 is 9.21 Å². The van der Waals surface area contributed by atoms with Gasteiger partial charge >= 0.3 is 0 Å². The first-order chi connectivity index (χ1) is 9.66. The van der Waals surface area contributed by atoms with Gasteiger partial charge in [-0.1, -0.05) is 0 Å². The summed E-state index contributed by atoms with van der Waals surface area (Å²) >= 11 is 1.65. The molecule has 1 aliphatic rings. The molecule has 3 heterocycles. The van der Waals surface area contributed by atoms with Crippen LogP contribution in [0.15, 0.2) is 22.1 Å². The molecule has 1 amide bonds. The number of aryl methyl sites for hydroxylation is 2. The minimum absolute atomic E-state index is 0.0637. The average molecular weight is 290 g/mol. The Hall–Kier alpha value is -1.62. The van der Waals surface area contributed by atoms with Crippen molar-refractivity contribution in [1.82, 2.24) is 9.88 Å².